The van der Waals surface area contributed by atoms with Gasteiger partial charge >= 0.3 is 0 Å². The first-order chi connectivity index (χ1) is 10.4. The second kappa shape index (κ2) is 9.32. The topological polar surface area (TPSA) is 21.3 Å². The van der Waals surface area contributed by atoms with Crippen LogP contribution in [0.4, 0.5) is 0 Å². The number of hydrogen-bond acceptors (Lipinski definition) is 2. The molecular weight excluding hydrogens is 258 g/mol. The minimum absolute atomic E-state index is 0.285. The summed E-state index contributed by atoms with van der Waals surface area (Å²) in [6, 6.07) is 21.4. The molecule has 112 valence electrons. The Bertz CT molecular complexity index is 483. The van der Waals surface area contributed by atoms with E-state index in [1.807, 2.05) is 6.07 Å². The minimum atomic E-state index is 0.285. The van der Waals surface area contributed by atoms with Crippen molar-refractivity contribution in [3.8, 4) is 0 Å². The summed E-state index contributed by atoms with van der Waals surface area (Å²) in [6.07, 6.45) is 2.15. The highest BCUT2D eigenvalue weighted by Gasteiger charge is 2.09. The van der Waals surface area contributed by atoms with Crippen LogP contribution in [0, 0.1) is 0 Å². The Morgan fingerprint density at radius 1 is 0.952 bits per heavy atom. The van der Waals surface area contributed by atoms with Gasteiger partial charge < -0.3 is 10.1 Å². The van der Waals surface area contributed by atoms with E-state index in [1.165, 1.54) is 11.1 Å². The van der Waals surface area contributed by atoms with Crippen molar-refractivity contribution in [2.75, 3.05) is 19.8 Å². The molecule has 1 unspecified atom stereocenters. The number of benzene rings is 2. The van der Waals surface area contributed by atoms with E-state index in [9.17, 15) is 0 Å². The highest BCUT2D eigenvalue weighted by atomic mass is 16.5. The maximum atomic E-state index is 5.86. The van der Waals surface area contributed by atoms with Crippen LogP contribution in [0.15, 0.2) is 60.7 Å². The molecule has 0 heterocycles. The zero-order valence-corrected chi connectivity index (χ0v) is 12.8. The summed E-state index contributed by atoms with van der Waals surface area (Å²) in [4.78, 5) is 0. The van der Waals surface area contributed by atoms with Gasteiger partial charge in [0.25, 0.3) is 0 Å². The lowest BCUT2D eigenvalue weighted by atomic mass is 10.1. The first kappa shape index (κ1) is 15.7. The summed E-state index contributed by atoms with van der Waals surface area (Å²) >= 11 is 0. The van der Waals surface area contributed by atoms with Crippen molar-refractivity contribution < 1.29 is 4.74 Å². The summed E-state index contributed by atoms with van der Waals surface area (Å²) in [5, 5.41) is 3.48. The van der Waals surface area contributed by atoms with Gasteiger partial charge in [-0.15, -0.1) is 0 Å². The summed E-state index contributed by atoms with van der Waals surface area (Å²) in [5.74, 6) is 0. The molecule has 0 saturated heterocycles. The SMILES string of the molecule is CCNC(COCCCc1ccccc1)c1ccccc1. The van der Waals surface area contributed by atoms with E-state index < -0.39 is 0 Å². The maximum absolute atomic E-state index is 5.86. The molecule has 0 radical (unpaired) electrons. The minimum Gasteiger partial charge on any atom is -0.379 e. The molecule has 2 heteroatoms. The molecule has 0 bridgehead atoms. The predicted molar refractivity (Wildman–Crippen MR) is 88.4 cm³/mol. The molecule has 0 aliphatic heterocycles. The van der Waals surface area contributed by atoms with E-state index in [0.717, 1.165) is 32.6 Å². The van der Waals surface area contributed by atoms with Gasteiger partial charge in [-0.3, -0.25) is 0 Å². The van der Waals surface area contributed by atoms with Gasteiger partial charge in [0.15, 0.2) is 0 Å². The van der Waals surface area contributed by atoms with Crippen LogP contribution < -0.4 is 5.32 Å². The molecule has 1 atom stereocenters. The van der Waals surface area contributed by atoms with E-state index in [1.54, 1.807) is 0 Å². The fourth-order valence-electron chi connectivity index (χ4n) is 2.43. The molecular formula is C19H25NO. The monoisotopic (exact) mass is 283 g/mol. The third-order valence-corrected chi connectivity index (χ3v) is 3.53. The van der Waals surface area contributed by atoms with Crippen molar-refractivity contribution in [3.05, 3.63) is 71.8 Å². The molecule has 0 spiro atoms. The van der Waals surface area contributed by atoms with Gasteiger partial charge in [0.05, 0.1) is 12.6 Å². The van der Waals surface area contributed by atoms with Gasteiger partial charge in [0.2, 0.25) is 0 Å². The van der Waals surface area contributed by atoms with Crippen LogP contribution in [0.1, 0.15) is 30.5 Å². The van der Waals surface area contributed by atoms with E-state index in [-0.39, 0.29) is 6.04 Å². The molecule has 21 heavy (non-hydrogen) atoms. The molecule has 2 aromatic rings. The fourth-order valence-corrected chi connectivity index (χ4v) is 2.43. The third kappa shape index (κ3) is 5.70. The quantitative estimate of drug-likeness (QED) is 0.703. The molecule has 2 nitrogen and oxygen atoms in total. The van der Waals surface area contributed by atoms with Gasteiger partial charge in [0.1, 0.15) is 0 Å². The normalized spacial score (nSPS) is 12.2. The van der Waals surface area contributed by atoms with Crippen LogP contribution in [0.2, 0.25) is 0 Å². The summed E-state index contributed by atoms with van der Waals surface area (Å²) in [6.45, 7) is 4.62. The molecule has 0 amide bonds. The lowest BCUT2D eigenvalue weighted by Gasteiger charge is -2.18. The van der Waals surface area contributed by atoms with Gasteiger partial charge in [-0.1, -0.05) is 67.6 Å². The summed E-state index contributed by atoms with van der Waals surface area (Å²) in [5.41, 5.74) is 2.68. The molecule has 0 aliphatic rings. The number of rotatable bonds is 9. The van der Waals surface area contributed by atoms with Crippen LogP contribution in [0.25, 0.3) is 0 Å². The predicted octanol–water partition coefficient (Wildman–Crippen LogP) is 3.99. The number of likely N-dealkylation sites (N-methyl/N-ethyl adjacent to an activating group) is 1. The molecule has 0 saturated carbocycles. The average molecular weight is 283 g/mol. The number of aryl methyl sites for hydroxylation is 1. The van der Waals surface area contributed by atoms with E-state index in [4.69, 9.17) is 4.74 Å². The highest BCUT2D eigenvalue weighted by Crippen LogP contribution is 2.13. The second-order valence-corrected chi connectivity index (χ2v) is 5.19. The number of ether oxygens (including phenoxy) is 1. The molecule has 0 fully saturated rings. The summed E-state index contributed by atoms with van der Waals surface area (Å²) in [7, 11) is 0. The third-order valence-electron chi connectivity index (χ3n) is 3.53. The Kier molecular flexibility index (Phi) is 6.99. The van der Waals surface area contributed by atoms with Gasteiger partial charge in [-0.2, -0.15) is 0 Å². The van der Waals surface area contributed by atoms with Crippen LogP contribution in [-0.4, -0.2) is 19.8 Å². The Balaban J connectivity index is 1.70. The first-order valence-electron chi connectivity index (χ1n) is 7.80. The maximum Gasteiger partial charge on any atom is 0.0661 e. The number of nitrogens with one attached hydrogen (secondary N) is 1. The Labute approximate surface area is 128 Å². The van der Waals surface area contributed by atoms with Crippen molar-refractivity contribution in [1.82, 2.24) is 5.32 Å². The smallest absolute Gasteiger partial charge is 0.0661 e. The molecule has 2 aromatic carbocycles. The highest BCUT2D eigenvalue weighted by molar-refractivity contribution is 5.19. The van der Waals surface area contributed by atoms with Crippen molar-refractivity contribution in [2.45, 2.75) is 25.8 Å². The van der Waals surface area contributed by atoms with E-state index in [2.05, 4.69) is 66.8 Å². The Morgan fingerprint density at radius 3 is 2.29 bits per heavy atom. The van der Waals surface area contributed by atoms with Crippen LogP contribution in [-0.2, 0) is 11.2 Å². The zero-order chi connectivity index (χ0) is 14.8. The van der Waals surface area contributed by atoms with Crippen molar-refractivity contribution in [2.24, 2.45) is 0 Å². The van der Waals surface area contributed by atoms with Gasteiger partial charge in [-0.25, -0.2) is 0 Å². The van der Waals surface area contributed by atoms with Crippen molar-refractivity contribution in [1.29, 1.82) is 0 Å². The van der Waals surface area contributed by atoms with Crippen LogP contribution >= 0.6 is 0 Å². The number of hydrogen-bond donors (Lipinski definition) is 1. The lowest BCUT2D eigenvalue weighted by Crippen LogP contribution is -2.25. The second-order valence-electron chi connectivity index (χ2n) is 5.19. The average Bonchev–Trinajstić information content (AvgIpc) is 2.55. The van der Waals surface area contributed by atoms with Crippen LogP contribution in [0.3, 0.4) is 0 Å². The van der Waals surface area contributed by atoms with E-state index in [0.29, 0.717) is 0 Å². The van der Waals surface area contributed by atoms with Gasteiger partial charge in [0, 0.05) is 6.61 Å². The molecule has 2 rings (SSSR count). The van der Waals surface area contributed by atoms with Crippen LogP contribution in [0.5, 0.6) is 0 Å². The molecule has 0 aliphatic carbocycles. The fraction of sp³-hybridized carbons (Fsp3) is 0.368. The van der Waals surface area contributed by atoms with Crippen molar-refractivity contribution >= 4 is 0 Å². The molecule has 0 aromatic heterocycles. The molecule has 1 N–H and O–H groups in total. The first-order valence-corrected chi connectivity index (χ1v) is 7.80. The largest absolute Gasteiger partial charge is 0.379 e. The standard InChI is InChI=1S/C19H25NO/c1-2-20-19(18-13-7-4-8-14-18)16-21-15-9-12-17-10-5-3-6-11-17/h3-8,10-11,13-14,19-20H,2,9,12,15-16H2,1H3. The lowest BCUT2D eigenvalue weighted by molar-refractivity contribution is 0.110. The Morgan fingerprint density at radius 2 is 1.62 bits per heavy atom. The van der Waals surface area contributed by atoms with Crippen molar-refractivity contribution in [3.63, 3.8) is 0 Å². The summed E-state index contributed by atoms with van der Waals surface area (Å²) < 4.78 is 5.86. The van der Waals surface area contributed by atoms with Gasteiger partial charge in [-0.05, 0) is 30.5 Å². The van der Waals surface area contributed by atoms with E-state index >= 15 is 0 Å². The Hall–Kier alpha value is -1.64. The zero-order valence-electron chi connectivity index (χ0n) is 12.8.